The fourth-order valence-corrected chi connectivity index (χ4v) is 2.27. The van der Waals surface area contributed by atoms with Crippen LogP contribution in [0, 0.1) is 0 Å². The number of benzene rings is 1. The van der Waals surface area contributed by atoms with Crippen LogP contribution >= 0.6 is 0 Å². The maximum atomic E-state index is 12.6. The summed E-state index contributed by atoms with van der Waals surface area (Å²) < 4.78 is 5.00. The molecule has 142 valence electrons. The van der Waals surface area contributed by atoms with E-state index in [1.54, 1.807) is 31.2 Å². The number of nitrogens with one attached hydrogen (secondary N) is 2. The van der Waals surface area contributed by atoms with E-state index < -0.39 is 17.4 Å². The van der Waals surface area contributed by atoms with Gasteiger partial charge in [0, 0.05) is 17.3 Å². The molecular formula is C20H23N3O4. The van der Waals surface area contributed by atoms with E-state index in [9.17, 15) is 14.4 Å². The molecule has 0 aliphatic rings. The molecule has 0 bridgehead atoms. The van der Waals surface area contributed by atoms with E-state index in [0.717, 1.165) is 0 Å². The van der Waals surface area contributed by atoms with E-state index in [4.69, 9.17) is 4.74 Å². The topological polar surface area (TPSA) is 97.4 Å². The van der Waals surface area contributed by atoms with Gasteiger partial charge in [0.15, 0.2) is 0 Å². The molecule has 2 amide bonds. The number of aromatic nitrogens is 1. The molecule has 0 saturated heterocycles. The second-order valence-corrected chi connectivity index (χ2v) is 6.85. The van der Waals surface area contributed by atoms with Gasteiger partial charge in [0.2, 0.25) is 0 Å². The van der Waals surface area contributed by atoms with Gasteiger partial charge >= 0.3 is 5.97 Å². The van der Waals surface area contributed by atoms with Gasteiger partial charge < -0.3 is 15.4 Å². The normalized spacial score (nSPS) is 10.8. The Bertz CT molecular complexity index is 856. The third kappa shape index (κ3) is 5.64. The van der Waals surface area contributed by atoms with Crippen LogP contribution in [0.5, 0.6) is 0 Å². The van der Waals surface area contributed by atoms with Crippen LogP contribution in [-0.2, 0) is 4.74 Å². The Labute approximate surface area is 158 Å². The number of carbonyl (C=O) groups is 3. The van der Waals surface area contributed by atoms with Crippen LogP contribution in [0.15, 0.2) is 42.6 Å². The summed E-state index contributed by atoms with van der Waals surface area (Å²) in [7, 11) is 0. The Morgan fingerprint density at radius 1 is 1.07 bits per heavy atom. The number of para-hydroxylation sites is 1. The molecule has 0 radical (unpaired) electrons. The Morgan fingerprint density at radius 3 is 2.44 bits per heavy atom. The number of anilines is 1. The molecule has 7 heteroatoms. The van der Waals surface area contributed by atoms with E-state index in [1.165, 1.54) is 18.3 Å². The highest BCUT2D eigenvalue weighted by Crippen LogP contribution is 2.17. The predicted octanol–water partition coefficient (Wildman–Crippen LogP) is 3.04. The standard InChI is InChI=1S/C20H23N3O4/c1-5-27-19(26)14-8-6-7-9-15(14)22-17(24)13-10-11-21-16(12-13)18(25)23-20(2,3)4/h6-12H,5H2,1-4H3,(H,22,24)(H,23,25). The zero-order chi connectivity index (χ0) is 20.0. The molecule has 0 spiro atoms. The zero-order valence-corrected chi connectivity index (χ0v) is 15.8. The smallest absolute Gasteiger partial charge is 0.340 e. The first-order chi connectivity index (χ1) is 12.7. The lowest BCUT2D eigenvalue weighted by Gasteiger charge is -2.20. The fourth-order valence-electron chi connectivity index (χ4n) is 2.27. The molecule has 7 nitrogen and oxygen atoms in total. The quantitative estimate of drug-likeness (QED) is 0.790. The van der Waals surface area contributed by atoms with Crippen LogP contribution in [-0.4, -0.2) is 34.9 Å². The minimum absolute atomic E-state index is 0.135. The molecule has 1 aromatic heterocycles. The molecule has 0 saturated carbocycles. The number of rotatable bonds is 5. The van der Waals surface area contributed by atoms with Gasteiger partial charge in [-0.25, -0.2) is 4.79 Å². The first-order valence-electron chi connectivity index (χ1n) is 8.57. The summed E-state index contributed by atoms with van der Waals surface area (Å²) >= 11 is 0. The molecule has 0 aliphatic carbocycles. The Hall–Kier alpha value is -3.22. The minimum Gasteiger partial charge on any atom is -0.462 e. The van der Waals surface area contributed by atoms with Gasteiger partial charge in [-0.05, 0) is 52.0 Å². The lowest BCUT2D eigenvalue weighted by atomic mass is 10.1. The number of nitrogens with zero attached hydrogens (tertiary/aromatic N) is 1. The van der Waals surface area contributed by atoms with Gasteiger partial charge in [-0.3, -0.25) is 14.6 Å². The molecule has 2 aromatic rings. The van der Waals surface area contributed by atoms with E-state index in [-0.39, 0.29) is 29.3 Å². The van der Waals surface area contributed by atoms with E-state index in [2.05, 4.69) is 15.6 Å². The highest BCUT2D eigenvalue weighted by Gasteiger charge is 2.19. The Kier molecular flexibility index (Phi) is 6.28. The molecule has 0 fully saturated rings. The van der Waals surface area contributed by atoms with Gasteiger partial charge in [0.25, 0.3) is 11.8 Å². The maximum absolute atomic E-state index is 12.6. The summed E-state index contributed by atoms with van der Waals surface area (Å²) in [6.45, 7) is 7.51. The number of esters is 1. The number of ether oxygens (including phenoxy) is 1. The lowest BCUT2D eigenvalue weighted by molar-refractivity contribution is 0.0527. The molecule has 0 aliphatic heterocycles. The van der Waals surface area contributed by atoms with Crippen molar-refractivity contribution in [3.05, 3.63) is 59.4 Å². The van der Waals surface area contributed by atoms with Crippen molar-refractivity contribution in [1.82, 2.24) is 10.3 Å². The second kappa shape index (κ2) is 8.44. The Balaban J connectivity index is 2.22. The fraction of sp³-hybridized carbons (Fsp3) is 0.300. The largest absolute Gasteiger partial charge is 0.462 e. The highest BCUT2D eigenvalue weighted by molar-refractivity contribution is 6.08. The van der Waals surface area contributed by atoms with Gasteiger partial charge in [-0.15, -0.1) is 0 Å². The molecular weight excluding hydrogens is 346 g/mol. The van der Waals surface area contributed by atoms with Crippen LogP contribution in [0.4, 0.5) is 5.69 Å². The molecule has 2 rings (SSSR count). The van der Waals surface area contributed by atoms with Gasteiger partial charge in [0.05, 0.1) is 17.9 Å². The second-order valence-electron chi connectivity index (χ2n) is 6.85. The summed E-state index contributed by atoms with van der Waals surface area (Å²) in [6, 6.07) is 9.47. The van der Waals surface area contributed by atoms with Crippen LogP contribution in [0.3, 0.4) is 0 Å². The minimum atomic E-state index is -0.520. The summed E-state index contributed by atoms with van der Waals surface area (Å²) in [5.41, 5.74) is 0.556. The van der Waals surface area contributed by atoms with Crippen molar-refractivity contribution in [2.45, 2.75) is 33.2 Å². The molecule has 2 N–H and O–H groups in total. The summed E-state index contributed by atoms with van der Waals surface area (Å²) in [5.74, 6) is -1.35. The van der Waals surface area contributed by atoms with Gasteiger partial charge in [-0.1, -0.05) is 12.1 Å². The van der Waals surface area contributed by atoms with Crippen LogP contribution in [0.25, 0.3) is 0 Å². The third-order valence-electron chi connectivity index (χ3n) is 3.41. The zero-order valence-electron chi connectivity index (χ0n) is 15.8. The number of pyridine rings is 1. The van der Waals surface area contributed by atoms with Crippen molar-refractivity contribution in [2.75, 3.05) is 11.9 Å². The molecule has 27 heavy (non-hydrogen) atoms. The average molecular weight is 369 g/mol. The van der Waals surface area contributed by atoms with E-state index in [0.29, 0.717) is 5.69 Å². The van der Waals surface area contributed by atoms with Crippen molar-refractivity contribution >= 4 is 23.5 Å². The van der Waals surface area contributed by atoms with Gasteiger partial charge in [-0.2, -0.15) is 0 Å². The first-order valence-corrected chi connectivity index (χ1v) is 8.57. The number of hydrogen-bond donors (Lipinski definition) is 2. The predicted molar refractivity (Wildman–Crippen MR) is 102 cm³/mol. The maximum Gasteiger partial charge on any atom is 0.340 e. The van der Waals surface area contributed by atoms with Crippen molar-refractivity contribution < 1.29 is 19.1 Å². The Morgan fingerprint density at radius 2 is 1.78 bits per heavy atom. The van der Waals surface area contributed by atoms with Crippen molar-refractivity contribution in [3.63, 3.8) is 0 Å². The average Bonchev–Trinajstić information content (AvgIpc) is 2.61. The summed E-state index contributed by atoms with van der Waals surface area (Å²) in [6.07, 6.45) is 1.39. The third-order valence-corrected chi connectivity index (χ3v) is 3.41. The molecule has 1 aromatic carbocycles. The van der Waals surface area contributed by atoms with Crippen LogP contribution in [0.1, 0.15) is 58.9 Å². The lowest BCUT2D eigenvalue weighted by Crippen LogP contribution is -2.41. The van der Waals surface area contributed by atoms with E-state index >= 15 is 0 Å². The number of hydrogen-bond acceptors (Lipinski definition) is 5. The molecule has 1 heterocycles. The summed E-state index contributed by atoms with van der Waals surface area (Å²) in [5, 5.41) is 5.48. The number of carbonyl (C=O) groups excluding carboxylic acids is 3. The van der Waals surface area contributed by atoms with Crippen molar-refractivity contribution in [3.8, 4) is 0 Å². The SMILES string of the molecule is CCOC(=O)c1ccccc1NC(=O)c1ccnc(C(=O)NC(C)(C)C)c1. The summed E-state index contributed by atoms with van der Waals surface area (Å²) in [4.78, 5) is 40.9. The van der Waals surface area contributed by atoms with Gasteiger partial charge in [0.1, 0.15) is 5.69 Å². The molecule has 0 atom stereocenters. The van der Waals surface area contributed by atoms with Crippen molar-refractivity contribution in [1.29, 1.82) is 0 Å². The first kappa shape index (κ1) is 20.1. The highest BCUT2D eigenvalue weighted by atomic mass is 16.5. The van der Waals surface area contributed by atoms with Crippen LogP contribution in [0.2, 0.25) is 0 Å². The van der Waals surface area contributed by atoms with E-state index in [1.807, 2.05) is 20.8 Å². The van der Waals surface area contributed by atoms with Crippen molar-refractivity contribution in [2.24, 2.45) is 0 Å². The van der Waals surface area contributed by atoms with Crippen LogP contribution < -0.4 is 10.6 Å². The monoisotopic (exact) mass is 369 g/mol. The number of amides is 2. The molecule has 0 unspecified atom stereocenters.